The van der Waals surface area contributed by atoms with Crippen LogP contribution in [0.15, 0.2) is 82.2 Å². The van der Waals surface area contributed by atoms with E-state index in [0.29, 0.717) is 43.8 Å². The van der Waals surface area contributed by atoms with Crippen LogP contribution in [0.1, 0.15) is 23.6 Å². The molecular weight excluding hydrogens is 640 g/mol. The number of imide groups is 1. The van der Waals surface area contributed by atoms with Gasteiger partial charge in [0.25, 0.3) is 17.1 Å². The van der Waals surface area contributed by atoms with E-state index >= 15 is 0 Å². The number of ether oxygens (including phenoxy) is 2. The van der Waals surface area contributed by atoms with Gasteiger partial charge in [-0.25, -0.2) is 0 Å². The molecule has 1 fully saturated rings. The number of nitrogens with one attached hydrogen (secondary N) is 1. The van der Waals surface area contributed by atoms with Crippen molar-refractivity contribution in [1.82, 2.24) is 4.90 Å². The number of nitrogens with zero attached hydrogens (tertiary/aromatic N) is 1. The first-order valence-electron chi connectivity index (χ1n) is 13.1. The van der Waals surface area contributed by atoms with Crippen LogP contribution >= 0.6 is 39.3 Å². The number of carbonyl (C=O) groups is 3. The maximum absolute atomic E-state index is 13.2. The largest absolute Gasteiger partial charge is 0.490 e. The van der Waals surface area contributed by atoms with Crippen LogP contribution in [0.4, 0.5) is 10.5 Å². The highest BCUT2D eigenvalue weighted by molar-refractivity contribution is 9.10. The SMILES string of the molecule is CCOc1cc(/C=C2\SC(=O)N(Cc3ccc4ccccc4c3)C2=O)cc(Br)c1OCC(=O)Nc1ccc(C)c(Cl)c1. The van der Waals surface area contributed by atoms with Crippen LogP contribution in [-0.4, -0.2) is 35.2 Å². The average molecular weight is 666 g/mol. The fraction of sp³-hybridized carbons (Fsp3) is 0.156. The van der Waals surface area contributed by atoms with Crippen LogP contribution in [0.2, 0.25) is 5.02 Å². The Hall–Kier alpha value is -3.79. The predicted molar refractivity (Wildman–Crippen MR) is 171 cm³/mol. The van der Waals surface area contributed by atoms with E-state index in [1.54, 1.807) is 30.3 Å². The van der Waals surface area contributed by atoms with Gasteiger partial charge < -0.3 is 14.8 Å². The van der Waals surface area contributed by atoms with Gasteiger partial charge in [0.1, 0.15) is 0 Å². The van der Waals surface area contributed by atoms with Crippen molar-refractivity contribution in [1.29, 1.82) is 0 Å². The number of thioether (sulfide) groups is 1. The van der Waals surface area contributed by atoms with Crippen molar-refractivity contribution in [3.63, 3.8) is 0 Å². The van der Waals surface area contributed by atoms with Gasteiger partial charge in [-0.3, -0.25) is 19.3 Å². The summed E-state index contributed by atoms with van der Waals surface area (Å²) in [5.41, 5.74) is 2.97. The number of hydrogen-bond acceptors (Lipinski definition) is 6. The Bertz CT molecular complexity index is 1740. The van der Waals surface area contributed by atoms with Crippen molar-refractivity contribution in [2.75, 3.05) is 18.5 Å². The van der Waals surface area contributed by atoms with Gasteiger partial charge in [0.15, 0.2) is 18.1 Å². The summed E-state index contributed by atoms with van der Waals surface area (Å²) in [4.78, 5) is 40.1. The minimum absolute atomic E-state index is 0.185. The zero-order valence-electron chi connectivity index (χ0n) is 22.8. The molecule has 0 aliphatic carbocycles. The van der Waals surface area contributed by atoms with Crippen molar-refractivity contribution in [2.45, 2.75) is 20.4 Å². The lowest BCUT2D eigenvalue weighted by Gasteiger charge is -2.15. The van der Waals surface area contributed by atoms with E-state index in [4.69, 9.17) is 21.1 Å². The fourth-order valence-corrected chi connectivity index (χ4v) is 5.98. The van der Waals surface area contributed by atoms with Crippen LogP contribution in [-0.2, 0) is 16.1 Å². The zero-order chi connectivity index (χ0) is 29.8. The maximum atomic E-state index is 13.2. The first kappa shape index (κ1) is 29.7. The summed E-state index contributed by atoms with van der Waals surface area (Å²) in [7, 11) is 0. The molecule has 1 aliphatic heterocycles. The lowest BCUT2D eigenvalue weighted by atomic mass is 10.1. The second kappa shape index (κ2) is 13.0. The molecule has 214 valence electrons. The number of fused-ring (bicyclic) bond motifs is 1. The number of halogens is 2. The second-order valence-electron chi connectivity index (χ2n) is 9.51. The van der Waals surface area contributed by atoms with E-state index in [-0.39, 0.29) is 30.2 Å². The van der Waals surface area contributed by atoms with Gasteiger partial charge >= 0.3 is 0 Å². The van der Waals surface area contributed by atoms with E-state index in [9.17, 15) is 14.4 Å². The molecule has 1 heterocycles. The Labute approximate surface area is 260 Å². The Morgan fingerprint density at radius 1 is 1.02 bits per heavy atom. The van der Waals surface area contributed by atoms with Crippen molar-refractivity contribution in [3.05, 3.63) is 104 Å². The van der Waals surface area contributed by atoms with Crippen LogP contribution in [0, 0.1) is 6.92 Å². The van der Waals surface area contributed by atoms with Crippen LogP contribution in [0.5, 0.6) is 11.5 Å². The Kier molecular flexibility index (Phi) is 9.21. The van der Waals surface area contributed by atoms with Gasteiger partial charge in [-0.1, -0.05) is 54.1 Å². The lowest BCUT2D eigenvalue weighted by molar-refractivity contribution is -0.123. The molecule has 0 bridgehead atoms. The van der Waals surface area contributed by atoms with Crippen molar-refractivity contribution < 1.29 is 23.9 Å². The number of aryl methyl sites for hydroxylation is 1. The number of hydrogen-bond donors (Lipinski definition) is 1. The number of benzene rings is 4. The molecule has 4 aromatic carbocycles. The van der Waals surface area contributed by atoms with Gasteiger partial charge in [0.05, 0.1) is 22.5 Å². The summed E-state index contributed by atoms with van der Waals surface area (Å²) in [6.07, 6.45) is 1.65. The van der Waals surface area contributed by atoms with Gasteiger partial charge in [-0.05, 0) is 105 Å². The Morgan fingerprint density at radius 3 is 2.57 bits per heavy atom. The molecule has 0 saturated carbocycles. The van der Waals surface area contributed by atoms with E-state index in [0.717, 1.165) is 33.7 Å². The molecule has 0 unspecified atom stereocenters. The van der Waals surface area contributed by atoms with E-state index in [1.165, 1.54) is 4.90 Å². The first-order valence-corrected chi connectivity index (χ1v) is 15.1. The number of anilines is 1. The summed E-state index contributed by atoms with van der Waals surface area (Å²) in [5, 5.41) is 5.12. The van der Waals surface area contributed by atoms with Gasteiger partial charge in [0, 0.05) is 10.7 Å². The second-order valence-corrected chi connectivity index (χ2v) is 11.8. The summed E-state index contributed by atoms with van der Waals surface area (Å²) in [6, 6.07) is 22.5. The standard InChI is InChI=1S/C32H26BrClN2O5S/c1-3-40-27-14-21(13-25(33)30(27)41-18-29(37)35-24-11-8-19(2)26(34)16-24)15-28-31(38)36(32(39)42-28)17-20-9-10-22-6-4-5-7-23(22)12-20/h4-16H,3,17-18H2,1-2H3,(H,35,37)/b28-15-. The molecular formula is C32H26BrClN2O5S. The molecule has 10 heteroatoms. The molecule has 0 aromatic heterocycles. The molecule has 0 atom stereocenters. The Balaban J connectivity index is 1.30. The van der Waals surface area contributed by atoms with Crippen molar-refractivity contribution >= 4 is 78.9 Å². The molecule has 5 rings (SSSR count). The Morgan fingerprint density at radius 2 is 1.81 bits per heavy atom. The average Bonchev–Trinajstić information content (AvgIpc) is 3.22. The molecule has 0 spiro atoms. The number of amides is 3. The first-order chi connectivity index (χ1) is 20.2. The van der Waals surface area contributed by atoms with Crippen LogP contribution < -0.4 is 14.8 Å². The normalized spacial score (nSPS) is 14.1. The molecule has 1 aliphatic rings. The molecule has 3 amide bonds. The van der Waals surface area contributed by atoms with E-state index in [2.05, 4.69) is 21.2 Å². The van der Waals surface area contributed by atoms with E-state index < -0.39 is 0 Å². The summed E-state index contributed by atoms with van der Waals surface area (Å²) in [5.74, 6) is 0.00377. The van der Waals surface area contributed by atoms with E-state index in [1.807, 2.05) is 62.4 Å². The third-order valence-electron chi connectivity index (χ3n) is 6.46. The molecule has 42 heavy (non-hydrogen) atoms. The van der Waals surface area contributed by atoms with Crippen LogP contribution in [0.25, 0.3) is 16.8 Å². The third kappa shape index (κ3) is 6.81. The van der Waals surface area contributed by atoms with Crippen LogP contribution in [0.3, 0.4) is 0 Å². The number of carbonyl (C=O) groups excluding carboxylic acids is 3. The lowest BCUT2D eigenvalue weighted by Crippen LogP contribution is -2.27. The summed E-state index contributed by atoms with van der Waals surface area (Å²) < 4.78 is 12.1. The van der Waals surface area contributed by atoms with Crippen molar-refractivity contribution in [3.8, 4) is 11.5 Å². The van der Waals surface area contributed by atoms with Gasteiger partial charge in [-0.2, -0.15) is 0 Å². The molecule has 4 aromatic rings. The monoisotopic (exact) mass is 664 g/mol. The summed E-state index contributed by atoms with van der Waals surface area (Å²) in [6.45, 7) is 3.98. The van der Waals surface area contributed by atoms with Gasteiger partial charge in [0.2, 0.25) is 0 Å². The maximum Gasteiger partial charge on any atom is 0.293 e. The summed E-state index contributed by atoms with van der Waals surface area (Å²) >= 11 is 10.5. The highest BCUT2D eigenvalue weighted by Crippen LogP contribution is 2.39. The zero-order valence-corrected chi connectivity index (χ0v) is 25.9. The fourth-order valence-electron chi connectivity index (χ4n) is 4.39. The highest BCUT2D eigenvalue weighted by atomic mass is 79.9. The number of rotatable bonds is 9. The topological polar surface area (TPSA) is 84.9 Å². The third-order valence-corrected chi connectivity index (χ3v) is 8.36. The smallest absolute Gasteiger partial charge is 0.293 e. The minimum atomic E-state index is -0.367. The highest BCUT2D eigenvalue weighted by Gasteiger charge is 2.35. The minimum Gasteiger partial charge on any atom is -0.490 e. The molecule has 0 radical (unpaired) electrons. The molecule has 1 N–H and O–H groups in total. The predicted octanol–water partition coefficient (Wildman–Crippen LogP) is 8.22. The molecule has 1 saturated heterocycles. The molecule has 7 nitrogen and oxygen atoms in total. The van der Waals surface area contributed by atoms with Crippen molar-refractivity contribution in [2.24, 2.45) is 0 Å². The van der Waals surface area contributed by atoms with Gasteiger partial charge in [-0.15, -0.1) is 0 Å². The quantitative estimate of drug-likeness (QED) is 0.181.